The first-order chi connectivity index (χ1) is 23.0. The molecule has 9 nitrogen and oxygen atoms in total. The van der Waals surface area contributed by atoms with Crippen LogP contribution in [0.4, 0.5) is 0 Å². The molecule has 0 amide bonds. The molecule has 0 radical (unpaired) electrons. The minimum Gasteiger partial charge on any atom is -0.494 e. The largest absolute Gasteiger partial charge is 0.494 e. The third-order valence-electron chi connectivity index (χ3n) is 7.31. The van der Waals surface area contributed by atoms with Gasteiger partial charge in [0.25, 0.3) is 0 Å². The predicted molar refractivity (Wildman–Crippen MR) is 177 cm³/mol. The van der Waals surface area contributed by atoms with E-state index in [9.17, 15) is 14.4 Å². The van der Waals surface area contributed by atoms with Crippen molar-refractivity contribution >= 4 is 24.0 Å². The number of benzene rings is 3. The third kappa shape index (κ3) is 12.9. The van der Waals surface area contributed by atoms with E-state index in [0.29, 0.717) is 36.9 Å². The van der Waals surface area contributed by atoms with Crippen molar-refractivity contribution in [2.45, 2.75) is 57.3 Å². The summed E-state index contributed by atoms with van der Waals surface area (Å²) < 4.78 is 33.6. The highest BCUT2D eigenvalue weighted by atomic mass is 16.7. The van der Waals surface area contributed by atoms with Gasteiger partial charge in [0.05, 0.1) is 18.8 Å². The Morgan fingerprint density at radius 3 is 2.23 bits per heavy atom. The van der Waals surface area contributed by atoms with Crippen molar-refractivity contribution in [1.82, 2.24) is 0 Å². The van der Waals surface area contributed by atoms with Crippen LogP contribution in [-0.2, 0) is 28.5 Å². The Morgan fingerprint density at radius 1 is 0.809 bits per heavy atom. The highest BCUT2D eigenvalue weighted by Crippen LogP contribution is 2.25. The van der Waals surface area contributed by atoms with Crippen LogP contribution < -0.4 is 9.47 Å². The van der Waals surface area contributed by atoms with E-state index in [1.807, 2.05) is 30.3 Å². The SMILES string of the molecule is C=CC(=O)OCCCCCCOc1ccc(C(=O)Oc2ccc(C=CC(=O)OC[C@H](OC3CCCCO3)c3ccccc3)cc2)cc1. The molecule has 2 atom stereocenters. The summed E-state index contributed by atoms with van der Waals surface area (Å²) in [5.41, 5.74) is 2.05. The van der Waals surface area contributed by atoms with Gasteiger partial charge >= 0.3 is 17.9 Å². The lowest BCUT2D eigenvalue weighted by Crippen LogP contribution is -2.26. The van der Waals surface area contributed by atoms with E-state index < -0.39 is 24.0 Å². The fourth-order valence-electron chi connectivity index (χ4n) is 4.73. The second kappa shape index (κ2) is 19.7. The second-order valence-corrected chi connectivity index (χ2v) is 10.9. The lowest BCUT2D eigenvalue weighted by atomic mass is 10.1. The Bertz CT molecular complexity index is 1430. The van der Waals surface area contributed by atoms with Gasteiger partial charge in [-0.25, -0.2) is 14.4 Å². The molecule has 3 aromatic carbocycles. The van der Waals surface area contributed by atoms with Gasteiger partial charge in [0.15, 0.2) is 6.29 Å². The summed E-state index contributed by atoms with van der Waals surface area (Å²) in [6.45, 7) is 5.03. The molecule has 1 unspecified atom stereocenters. The monoisotopic (exact) mass is 642 g/mol. The molecule has 4 rings (SSSR count). The molecule has 1 aliphatic rings. The molecule has 1 fully saturated rings. The molecular formula is C38H42O9. The van der Waals surface area contributed by atoms with Crippen molar-refractivity contribution in [3.05, 3.63) is 114 Å². The number of hydrogen-bond acceptors (Lipinski definition) is 9. The Balaban J connectivity index is 1.16. The average molecular weight is 643 g/mol. The number of esters is 3. The third-order valence-corrected chi connectivity index (χ3v) is 7.31. The van der Waals surface area contributed by atoms with Gasteiger partial charge in [0, 0.05) is 18.8 Å². The van der Waals surface area contributed by atoms with E-state index in [0.717, 1.165) is 62.1 Å². The first kappa shape index (κ1) is 35.1. The molecular weight excluding hydrogens is 600 g/mol. The summed E-state index contributed by atoms with van der Waals surface area (Å²) >= 11 is 0. The molecule has 0 aromatic heterocycles. The molecule has 0 bridgehead atoms. The summed E-state index contributed by atoms with van der Waals surface area (Å²) in [6.07, 6.45) is 9.83. The molecule has 47 heavy (non-hydrogen) atoms. The topological polar surface area (TPSA) is 107 Å². The predicted octanol–water partition coefficient (Wildman–Crippen LogP) is 7.42. The van der Waals surface area contributed by atoms with Gasteiger partial charge < -0.3 is 28.4 Å². The van der Waals surface area contributed by atoms with Crippen LogP contribution in [0.5, 0.6) is 11.5 Å². The van der Waals surface area contributed by atoms with E-state index in [2.05, 4.69) is 6.58 Å². The first-order valence-corrected chi connectivity index (χ1v) is 16.0. The maximum Gasteiger partial charge on any atom is 0.343 e. The first-order valence-electron chi connectivity index (χ1n) is 16.0. The molecule has 1 aliphatic heterocycles. The fraction of sp³-hybridized carbons (Fsp3) is 0.342. The van der Waals surface area contributed by atoms with E-state index in [-0.39, 0.29) is 12.9 Å². The summed E-state index contributed by atoms with van der Waals surface area (Å²) in [5, 5.41) is 0. The van der Waals surface area contributed by atoms with Gasteiger partial charge in [-0.3, -0.25) is 0 Å². The lowest BCUT2D eigenvalue weighted by Gasteiger charge is -2.27. The Hall–Kier alpha value is -4.73. The molecule has 0 spiro atoms. The Labute approximate surface area is 276 Å². The lowest BCUT2D eigenvalue weighted by molar-refractivity contribution is -0.200. The maximum absolute atomic E-state index is 12.6. The van der Waals surface area contributed by atoms with Gasteiger partial charge in [-0.05, 0) is 98.5 Å². The molecule has 0 N–H and O–H groups in total. The Morgan fingerprint density at radius 2 is 1.53 bits per heavy atom. The van der Waals surface area contributed by atoms with Crippen LogP contribution in [-0.4, -0.2) is 50.6 Å². The van der Waals surface area contributed by atoms with Crippen LogP contribution in [0.2, 0.25) is 0 Å². The minimum absolute atomic E-state index is 0.0625. The molecule has 0 aliphatic carbocycles. The van der Waals surface area contributed by atoms with E-state index in [1.165, 1.54) is 6.08 Å². The van der Waals surface area contributed by atoms with Crippen LogP contribution in [0.3, 0.4) is 0 Å². The van der Waals surface area contributed by atoms with Crippen molar-refractivity contribution in [3.63, 3.8) is 0 Å². The van der Waals surface area contributed by atoms with Crippen LogP contribution >= 0.6 is 0 Å². The zero-order valence-electron chi connectivity index (χ0n) is 26.6. The van der Waals surface area contributed by atoms with E-state index in [4.69, 9.17) is 28.4 Å². The van der Waals surface area contributed by atoms with Crippen molar-refractivity contribution in [2.24, 2.45) is 0 Å². The van der Waals surface area contributed by atoms with Crippen molar-refractivity contribution in [2.75, 3.05) is 26.4 Å². The molecule has 0 saturated carbocycles. The summed E-state index contributed by atoms with van der Waals surface area (Å²) in [7, 11) is 0. The van der Waals surface area contributed by atoms with Crippen LogP contribution in [0.15, 0.2) is 97.6 Å². The molecule has 3 aromatic rings. The van der Waals surface area contributed by atoms with Gasteiger partial charge in [-0.15, -0.1) is 0 Å². The van der Waals surface area contributed by atoms with Crippen LogP contribution in [0.1, 0.15) is 72.5 Å². The standard InChI is InChI=1S/C38H42O9/c1-2-35(39)43-26-10-4-3-9-25-42-32-22-18-31(19-23-32)38(41)46-33-20-15-29(16-21-33)17-24-36(40)45-28-34(30-12-6-5-7-13-30)47-37-14-8-11-27-44-37/h2,5-7,12-13,15-24,34,37H,1,3-4,8-11,14,25-28H2/t34-,37?/m0/s1. The van der Waals surface area contributed by atoms with Crippen molar-refractivity contribution in [3.8, 4) is 11.5 Å². The fourth-order valence-corrected chi connectivity index (χ4v) is 4.73. The van der Waals surface area contributed by atoms with Gasteiger partial charge in [-0.1, -0.05) is 49.0 Å². The van der Waals surface area contributed by atoms with Crippen molar-refractivity contribution in [1.29, 1.82) is 0 Å². The minimum atomic E-state index is -0.495. The zero-order valence-corrected chi connectivity index (χ0v) is 26.6. The number of carbonyl (C=O) groups excluding carboxylic acids is 3. The number of ether oxygens (including phenoxy) is 6. The van der Waals surface area contributed by atoms with Gasteiger partial charge in [-0.2, -0.15) is 0 Å². The van der Waals surface area contributed by atoms with Gasteiger partial charge in [0.1, 0.15) is 24.2 Å². The summed E-state index contributed by atoms with van der Waals surface area (Å²) in [6, 6.07) is 23.2. The van der Waals surface area contributed by atoms with Crippen molar-refractivity contribution < 1.29 is 42.8 Å². The molecule has 1 heterocycles. The molecule has 9 heteroatoms. The highest BCUT2D eigenvalue weighted by molar-refractivity contribution is 5.91. The highest BCUT2D eigenvalue weighted by Gasteiger charge is 2.22. The second-order valence-electron chi connectivity index (χ2n) is 10.9. The number of rotatable bonds is 18. The Kier molecular flexibility index (Phi) is 14.7. The maximum atomic E-state index is 12.6. The van der Waals surface area contributed by atoms with Gasteiger partial charge in [0.2, 0.25) is 0 Å². The summed E-state index contributed by atoms with van der Waals surface area (Å²) in [5.74, 6) is -0.344. The summed E-state index contributed by atoms with van der Waals surface area (Å²) in [4.78, 5) is 36.1. The number of carbonyl (C=O) groups is 3. The molecule has 1 saturated heterocycles. The van der Waals surface area contributed by atoms with Crippen LogP contribution in [0.25, 0.3) is 6.08 Å². The molecule has 248 valence electrons. The zero-order chi connectivity index (χ0) is 33.1. The van der Waals surface area contributed by atoms with E-state index in [1.54, 1.807) is 54.6 Å². The quantitative estimate of drug-likeness (QED) is 0.0607. The number of unbranched alkanes of at least 4 members (excludes halogenated alkanes) is 3. The van der Waals surface area contributed by atoms with E-state index >= 15 is 0 Å². The van der Waals surface area contributed by atoms with Crippen LogP contribution in [0, 0.1) is 0 Å². The normalized spacial score (nSPS) is 15.0. The smallest absolute Gasteiger partial charge is 0.343 e. The average Bonchev–Trinajstić information content (AvgIpc) is 3.11. The number of hydrogen-bond donors (Lipinski definition) is 0.